The molecule has 0 aliphatic rings. The fourth-order valence-corrected chi connectivity index (χ4v) is 1.13. The third kappa shape index (κ3) is 2.91. The van der Waals surface area contributed by atoms with E-state index in [9.17, 15) is 14.9 Å². The second kappa shape index (κ2) is 5.06. The van der Waals surface area contributed by atoms with Gasteiger partial charge in [0.15, 0.2) is 0 Å². The van der Waals surface area contributed by atoms with E-state index in [4.69, 9.17) is 5.11 Å². The Morgan fingerprint density at radius 1 is 1.75 bits per heavy atom. The lowest BCUT2D eigenvalue weighted by molar-refractivity contribution is -0.385. The van der Waals surface area contributed by atoms with Gasteiger partial charge in [0, 0.05) is 5.57 Å². The van der Waals surface area contributed by atoms with Crippen LogP contribution < -0.4 is 0 Å². The molecule has 16 heavy (non-hydrogen) atoms. The number of nitrogens with zero attached hydrogens (tertiary/aromatic N) is 3. The number of hydrogen-bond acceptors (Lipinski definition) is 4. The van der Waals surface area contributed by atoms with Crippen molar-refractivity contribution in [3.05, 3.63) is 34.2 Å². The highest BCUT2D eigenvalue weighted by Crippen LogP contribution is 2.08. The summed E-state index contributed by atoms with van der Waals surface area (Å²) in [7, 11) is 0. The highest BCUT2D eigenvalue weighted by atomic mass is 16.6. The van der Waals surface area contributed by atoms with Crippen LogP contribution >= 0.6 is 0 Å². The van der Waals surface area contributed by atoms with Gasteiger partial charge in [0.05, 0.1) is 11.5 Å². The number of rotatable bonds is 5. The molecule has 7 nitrogen and oxygen atoms in total. The Hall–Kier alpha value is -2.18. The van der Waals surface area contributed by atoms with Crippen LogP contribution in [0.3, 0.4) is 0 Å². The molecule has 0 unspecified atom stereocenters. The highest BCUT2D eigenvalue weighted by molar-refractivity contribution is 5.86. The highest BCUT2D eigenvalue weighted by Gasteiger charge is 2.08. The van der Waals surface area contributed by atoms with Gasteiger partial charge in [-0.1, -0.05) is 13.0 Å². The van der Waals surface area contributed by atoms with Crippen molar-refractivity contribution in [3.63, 3.8) is 0 Å². The molecule has 0 saturated carbocycles. The van der Waals surface area contributed by atoms with Crippen molar-refractivity contribution in [1.82, 2.24) is 9.78 Å². The lowest BCUT2D eigenvalue weighted by Crippen LogP contribution is -2.02. The molecule has 0 atom stereocenters. The number of allylic oxidation sites excluding steroid dienone is 1. The van der Waals surface area contributed by atoms with E-state index in [0.717, 1.165) is 6.20 Å². The summed E-state index contributed by atoms with van der Waals surface area (Å²) in [5, 5.41) is 22.8. The van der Waals surface area contributed by atoms with Crippen LogP contribution in [-0.4, -0.2) is 25.8 Å². The van der Waals surface area contributed by atoms with Crippen molar-refractivity contribution >= 4 is 11.7 Å². The quantitative estimate of drug-likeness (QED) is 0.461. The van der Waals surface area contributed by atoms with Crippen LogP contribution in [0.15, 0.2) is 24.0 Å². The Morgan fingerprint density at radius 3 is 2.88 bits per heavy atom. The standard InChI is InChI=1S/C9H11N3O4/c1-2-7(9(13)14)3-4-11-6-8(5-10-11)12(15)16/h3,5-6H,2,4H2,1H3,(H,13,14). The Morgan fingerprint density at radius 2 is 2.44 bits per heavy atom. The zero-order valence-electron chi connectivity index (χ0n) is 8.66. The topological polar surface area (TPSA) is 98.3 Å². The average molecular weight is 225 g/mol. The Balaban J connectivity index is 2.73. The van der Waals surface area contributed by atoms with E-state index in [1.807, 2.05) is 0 Å². The summed E-state index contributed by atoms with van der Waals surface area (Å²) in [5.74, 6) is -0.982. The van der Waals surface area contributed by atoms with Crippen LogP contribution in [0.2, 0.25) is 0 Å². The fraction of sp³-hybridized carbons (Fsp3) is 0.333. The van der Waals surface area contributed by atoms with Gasteiger partial charge in [-0.25, -0.2) is 4.79 Å². The minimum Gasteiger partial charge on any atom is -0.478 e. The summed E-state index contributed by atoms with van der Waals surface area (Å²) < 4.78 is 1.32. The van der Waals surface area contributed by atoms with Crippen LogP contribution in [0.4, 0.5) is 5.69 Å². The summed E-state index contributed by atoms with van der Waals surface area (Å²) >= 11 is 0. The van der Waals surface area contributed by atoms with Crippen molar-refractivity contribution in [2.24, 2.45) is 0 Å². The van der Waals surface area contributed by atoms with E-state index in [1.165, 1.54) is 17.0 Å². The molecule has 0 aliphatic heterocycles. The molecule has 0 radical (unpaired) electrons. The first-order chi connectivity index (χ1) is 7.54. The van der Waals surface area contributed by atoms with Gasteiger partial charge in [-0.2, -0.15) is 5.10 Å². The number of aliphatic carboxylic acids is 1. The molecule has 0 bridgehead atoms. The predicted octanol–water partition coefficient (Wildman–Crippen LogP) is 1.21. The van der Waals surface area contributed by atoms with E-state index in [-0.39, 0.29) is 17.8 Å². The first-order valence-corrected chi connectivity index (χ1v) is 4.63. The Labute approximate surface area is 91.1 Å². The predicted molar refractivity (Wildman–Crippen MR) is 54.9 cm³/mol. The molecular formula is C9H11N3O4. The van der Waals surface area contributed by atoms with Crippen LogP contribution in [0.25, 0.3) is 0 Å². The second-order valence-corrected chi connectivity index (χ2v) is 3.07. The van der Waals surface area contributed by atoms with Gasteiger partial charge in [0.25, 0.3) is 0 Å². The van der Waals surface area contributed by atoms with Crippen LogP contribution in [0.1, 0.15) is 13.3 Å². The summed E-state index contributed by atoms with van der Waals surface area (Å²) in [6.45, 7) is 1.94. The van der Waals surface area contributed by atoms with Crippen LogP contribution in [0, 0.1) is 10.1 Å². The van der Waals surface area contributed by atoms with E-state index >= 15 is 0 Å². The number of carboxylic acid groups (broad SMARTS) is 1. The molecule has 1 aromatic rings. The zero-order chi connectivity index (χ0) is 12.1. The summed E-state index contributed by atoms with van der Waals surface area (Å²) in [6.07, 6.45) is 4.27. The molecule has 0 fully saturated rings. The molecule has 86 valence electrons. The number of carboxylic acids is 1. The van der Waals surface area contributed by atoms with Gasteiger partial charge in [-0.05, 0) is 6.42 Å². The maximum absolute atomic E-state index is 10.7. The third-order valence-electron chi connectivity index (χ3n) is 2.01. The average Bonchev–Trinajstić information content (AvgIpc) is 2.67. The molecule has 1 heterocycles. The summed E-state index contributed by atoms with van der Waals surface area (Å²) in [5.41, 5.74) is 0.153. The molecule has 0 aromatic carbocycles. The maximum atomic E-state index is 10.7. The van der Waals surface area contributed by atoms with Crippen molar-refractivity contribution < 1.29 is 14.8 Å². The number of hydrogen-bond donors (Lipinski definition) is 1. The lowest BCUT2D eigenvalue weighted by Gasteiger charge is -1.98. The minimum absolute atomic E-state index is 0.109. The molecule has 1 rings (SSSR count). The van der Waals surface area contributed by atoms with E-state index in [1.54, 1.807) is 6.92 Å². The molecule has 1 aromatic heterocycles. The van der Waals surface area contributed by atoms with Gasteiger partial charge >= 0.3 is 11.7 Å². The third-order valence-corrected chi connectivity index (χ3v) is 2.01. The van der Waals surface area contributed by atoms with Gasteiger partial charge in [0.2, 0.25) is 0 Å². The summed E-state index contributed by atoms with van der Waals surface area (Å²) in [4.78, 5) is 20.5. The first kappa shape index (κ1) is 11.9. The lowest BCUT2D eigenvalue weighted by atomic mass is 10.2. The maximum Gasteiger partial charge on any atom is 0.331 e. The van der Waals surface area contributed by atoms with Gasteiger partial charge in [-0.3, -0.25) is 14.8 Å². The smallest absolute Gasteiger partial charge is 0.331 e. The van der Waals surface area contributed by atoms with Gasteiger partial charge in [0.1, 0.15) is 12.4 Å². The second-order valence-electron chi connectivity index (χ2n) is 3.07. The molecule has 0 amide bonds. The molecule has 0 saturated heterocycles. The van der Waals surface area contributed by atoms with E-state index in [0.29, 0.717) is 6.42 Å². The van der Waals surface area contributed by atoms with Crippen molar-refractivity contribution in [3.8, 4) is 0 Å². The minimum atomic E-state index is -0.982. The van der Waals surface area contributed by atoms with E-state index in [2.05, 4.69) is 5.10 Å². The SMILES string of the molecule is CCC(=CCn1cc([N+](=O)[O-])cn1)C(=O)O. The first-order valence-electron chi connectivity index (χ1n) is 4.63. The number of carbonyl (C=O) groups is 1. The van der Waals surface area contributed by atoms with Crippen molar-refractivity contribution in [2.75, 3.05) is 0 Å². The van der Waals surface area contributed by atoms with E-state index < -0.39 is 10.9 Å². The normalized spacial score (nSPS) is 11.4. The summed E-state index contributed by atoms with van der Waals surface area (Å²) in [6, 6.07) is 0. The zero-order valence-corrected chi connectivity index (χ0v) is 8.66. The van der Waals surface area contributed by atoms with Crippen molar-refractivity contribution in [1.29, 1.82) is 0 Å². The largest absolute Gasteiger partial charge is 0.478 e. The molecule has 1 N–H and O–H groups in total. The monoisotopic (exact) mass is 225 g/mol. The molecule has 0 aliphatic carbocycles. The van der Waals surface area contributed by atoms with Crippen LogP contribution in [-0.2, 0) is 11.3 Å². The Kier molecular flexibility index (Phi) is 3.76. The molecule has 7 heteroatoms. The van der Waals surface area contributed by atoms with Gasteiger partial charge in [-0.15, -0.1) is 0 Å². The Bertz CT molecular complexity index is 436. The molecule has 0 spiro atoms. The van der Waals surface area contributed by atoms with Gasteiger partial charge < -0.3 is 5.11 Å². The van der Waals surface area contributed by atoms with Crippen LogP contribution in [0.5, 0.6) is 0 Å². The van der Waals surface area contributed by atoms with Crippen molar-refractivity contribution in [2.45, 2.75) is 19.9 Å². The number of nitro groups is 1. The molecular weight excluding hydrogens is 214 g/mol. The fourth-order valence-electron chi connectivity index (χ4n) is 1.13. The number of aromatic nitrogens is 2.